The van der Waals surface area contributed by atoms with E-state index in [4.69, 9.17) is 11.6 Å². The number of benzene rings is 1. The van der Waals surface area contributed by atoms with E-state index in [0.29, 0.717) is 5.69 Å². The Morgan fingerprint density at radius 2 is 1.89 bits per heavy atom. The van der Waals surface area contributed by atoms with E-state index in [1.165, 1.54) is 31.3 Å². The van der Waals surface area contributed by atoms with Crippen molar-refractivity contribution in [2.45, 2.75) is 6.92 Å². The molecule has 0 fully saturated rings. The first-order valence-corrected chi connectivity index (χ1v) is 7.69. The quantitative estimate of drug-likeness (QED) is 0.458. The third-order valence-electron chi connectivity index (χ3n) is 2.60. The third kappa shape index (κ3) is 4.07. The molecule has 8 heteroatoms. The van der Waals surface area contributed by atoms with Crippen LogP contribution < -0.4 is 4.31 Å². The van der Waals surface area contributed by atoms with Crippen molar-refractivity contribution in [3.05, 3.63) is 34.4 Å². The van der Waals surface area contributed by atoms with Gasteiger partial charge in [-0.15, -0.1) is 11.6 Å². The molecular formula is C11H15ClN2O4S. The first-order chi connectivity index (χ1) is 8.77. The smallest absolute Gasteiger partial charge is 0.269 e. The van der Waals surface area contributed by atoms with Gasteiger partial charge in [0, 0.05) is 25.1 Å². The van der Waals surface area contributed by atoms with Gasteiger partial charge in [-0.3, -0.25) is 14.4 Å². The number of hydrogen-bond donors (Lipinski definition) is 0. The molecule has 0 N–H and O–H groups in total. The van der Waals surface area contributed by atoms with Gasteiger partial charge >= 0.3 is 0 Å². The number of nitro benzene ring substituents is 1. The van der Waals surface area contributed by atoms with Crippen LogP contribution in [0.15, 0.2) is 24.3 Å². The maximum Gasteiger partial charge on any atom is 0.269 e. The van der Waals surface area contributed by atoms with Crippen LogP contribution in [0.5, 0.6) is 0 Å². The molecule has 0 amide bonds. The zero-order valence-corrected chi connectivity index (χ0v) is 12.2. The van der Waals surface area contributed by atoms with Gasteiger partial charge in [-0.2, -0.15) is 0 Å². The van der Waals surface area contributed by atoms with Crippen molar-refractivity contribution >= 4 is 33.0 Å². The Balaban J connectivity index is 2.93. The van der Waals surface area contributed by atoms with Crippen LogP contribution in [-0.2, 0) is 10.0 Å². The maximum absolute atomic E-state index is 12.1. The fraction of sp³-hybridized carbons (Fsp3) is 0.455. The van der Waals surface area contributed by atoms with Crippen LogP contribution in [0.3, 0.4) is 0 Å². The number of anilines is 1. The molecule has 1 rings (SSSR count). The van der Waals surface area contributed by atoms with Crippen molar-refractivity contribution in [1.82, 2.24) is 0 Å². The van der Waals surface area contributed by atoms with E-state index in [2.05, 4.69) is 0 Å². The van der Waals surface area contributed by atoms with Crippen LogP contribution in [0.1, 0.15) is 6.92 Å². The minimum Gasteiger partial charge on any atom is -0.273 e. The standard InChI is InChI=1S/C11H15ClN2O4S/c1-9(7-12)8-19(17,18)13(2)10-3-5-11(6-4-10)14(15)16/h3-6,9H,7-8H2,1-2H3. The number of alkyl halides is 1. The second-order valence-corrected chi connectivity index (χ2v) is 6.63. The molecule has 0 aliphatic rings. The molecule has 106 valence electrons. The highest BCUT2D eigenvalue weighted by atomic mass is 35.5. The summed E-state index contributed by atoms with van der Waals surface area (Å²) in [5.74, 6) is 0.0318. The number of rotatable bonds is 6. The molecule has 1 atom stereocenters. The number of halogens is 1. The minimum atomic E-state index is -3.48. The Kier molecular flexibility index (Phi) is 5.13. The Bertz CT molecular complexity index is 544. The summed E-state index contributed by atoms with van der Waals surface area (Å²) in [6.45, 7) is 1.74. The van der Waals surface area contributed by atoms with E-state index in [0.717, 1.165) is 4.31 Å². The summed E-state index contributed by atoms with van der Waals surface area (Å²) < 4.78 is 25.2. The van der Waals surface area contributed by atoms with Gasteiger partial charge in [0.1, 0.15) is 0 Å². The van der Waals surface area contributed by atoms with E-state index in [9.17, 15) is 18.5 Å². The second-order valence-electron chi connectivity index (χ2n) is 4.28. The molecule has 19 heavy (non-hydrogen) atoms. The molecule has 1 aromatic rings. The zero-order valence-electron chi connectivity index (χ0n) is 10.6. The molecule has 0 radical (unpaired) electrons. The lowest BCUT2D eigenvalue weighted by Crippen LogP contribution is -2.31. The molecule has 0 bridgehead atoms. The number of sulfonamides is 1. The normalized spacial score (nSPS) is 13.0. The van der Waals surface area contributed by atoms with Gasteiger partial charge in [0.05, 0.1) is 16.4 Å². The SMILES string of the molecule is CC(CCl)CS(=O)(=O)N(C)c1ccc([N+](=O)[O-])cc1. The third-order valence-corrected chi connectivity index (χ3v) is 5.16. The fourth-order valence-corrected chi connectivity index (χ4v) is 3.20. The van der Waals surface area contributed by atoms with Crippen LogP contribution >= 0.6 is 11.6 Å². The lowest BCUT2D eigenvalue weighted by molar-refractivity contribution is -0.384. The van der Waals surface area contributed by atoms with Crippen molar-refractivity contribution in [1.29, 1.82) is 0 Å². The van der Waals surface area contributed by atoms with Gasteiger partial charge in [0.2, 0.25) is 10.0 Å². The average molecular weight is 307 g/mol. The summed E-state index contributed by atoms with van der Waals surface area (Å²) in [5.41, 5.74) is 0.302. The number of nitro groups is 1. The molecule has 0 saturated heterocycles. The molecule has 6 nitrogen and oxygen atoms in total. The summed E-state index contributed by atoms with van der Waals surface area (Å²) in [7, 11) is -2.06. The number of nitrogens with zero attached hydrogens (tertiary/aromatic N) is 2. The highest BCUT2D eigenvalue weighted by Crippen LogP contribution is 2.21. The van der Waals surface area contributed by atoms with Crippen molar-refractivity contribution < 1.29 is 13.3 Å². The Morgan fingerprint density at radius 1 is 1.37 bits per heavy atom. The Labute approximate surface area is 117 Å². The predicted molar refractivity (Wildman–Crippen MR) is 75.2 cm³/mol. The first-order valence-electron chi connectivity index (χ1n) is 5.55. The van der Waals surface area contributed by atoms with Gasteiger partial charge in [0.25, 0.3) is 5.69 Å². The van der Waals surface area contributed by atoms with E-state index >= 15 is 0 Å². The van der Waals surface area contributed by atoms with E-state index in [1.54, 1.807) is 6.92 Å². The van der Waals surface area contributed by atoms with Crippen molar-refractivity contribution in [3.63, 3.8) is 0 Å². The molecular weight excluding hydrogens is 292 g/mol. The maximum atomic E-state index is 12.1. The van der Waals surface area contributed by atoms with Gasteiger partial charge < -0.3 is 0 Å². The largest absolute Gasteiger partial charge is 0.273 e. The molecule has 0 heterocycles. The molecule has 0 spiro atoms. The van der Waals surface area contributed by atoms with Gasteiger partial charge in [-0.25, -0.2) is 8.42 Å². The zero-order chi connectivity index (χ0) is 14.6. The van der Waals surface area contributed by atoms with Crippen LogP contribution in [-0.4, -0.2) is 32.0 Å². The molecule has 1 aromatic carbocycles. The summed E-state index contributed by atoms with van der Waals surface area (Å²) in [4.78, 5) is 9.99. The van der Waals surface area contributed by atoms with Gasteiger partial charge in [0.15, 0.2) is 0 Å². The summed E-state index contributed by atoms with van der Waals surface area (Å²) in [5, 5.41) is 10.5. The summed E-state index contributed by atoms with van der Waals surface area (Å²) in [6.07, 6.45) is 0. The summed E-state index contributed by atoms with van der Waals surface area (Å²) in [6, 6.07) is 5.35. The molecule has 1 unspecified atom stereocenters. The van der Waals surface area contributed by atoms with Gasteiger partial charge in [-0.1, -0.05) is 6.92 Å². The van der Waals surface area contributed by atoms with Crippen LogP contribution in [0.4, 0.5) is 11.4 Å². The van der Waals surface area contributed by atoms with Crippen molar-refractivity contribution in [3.8, 4) is 0 Å². The predicted octanol–water partition coefficient (Wildman–Crippen LogP) is 2.24. The van der Waals surface area contributed by atoms with E-state index < -0.39 is 14.9 Å². The lowest BCUT2D eigenvalue weighted by atomic mass is 10.3. The van der Waals surface area contributed by atoms with Crippen molar-refractivity contribution in [2.24, 2.45) is 5.92 Å². The minimum absolute atomic E-state index is 0.0655. The lowest BCUT2D eigenvalue weighted by Gasteiger charge is -2.20. The number of non-ortho nitro benzene ring substituents is 1. The Hall–Kier alpha value is -1.34. The van der Waals surface area contributed by atoms with Crippen LogP contribution in [0.25, 0.3) is 0 Å². The highest BCUT2D eigenvalue weighted by molar-refractivity contribution is 7.92. The number of hydrogen-bond acceptors (Lipinski definition) is 4. The summed E-state index contributed by atoms with van der Waals surface area (Å²) >= 11 is 5.61. The van der Waals surface area contributed by atoms with Gasteiger partial charge in [-0.05, 0) is 18.1 Å². The van der Waals surface area contributed by atoms with Crippen LogP contribution in [0.2, 0.25) is 0 Å². The monoisotopic (exact) mass is 306 g/mol. The Morgan fingerprint density at radius 3 is 2.32 bits per heavy atom. The molecule has 0 aliphatic heterocycles. The average Bonchev–Trinajstić information content (AvgIpc) is 2.37. The second kappa shape index (κ2) is 6.21. The topological polar surface area (TPSA) is 80.5 Å². The molecule has 0 aromatic heterocycles. The highest BCUT2D eigenvalue weighted by Gasteiger charge is 2.21. The first kappa shape index (κ1) is 15.7. The van der Waals surface area contributed by atoms with E-state index in [1.807, 2.05) is 0 Å². The fourth-order valence-electron chi connectivity index (χ4n) is 1.46. The molecule has 0 aliphatic carbocycles. The molecule has 0 saturated carbocycles. The van der Waals surface area contributed by atoms with Crippen molar-refractivity contribution in [2.75, 3.05) is 23.0 Å². The van der Waals surface area contributed by atoms with E-state index in [-0.39, 0.29) is 23.2 Å². The van der Waals surface area contributed by atoms with Crippen LogP contribution in [0, 0.1) is 16.0 Å².